The highest BCUT2D eigenvalue weighted by Gasteiger charge is 2.32. The van der Waals surface area contributed by atoms with Gasteiger partial charge in [0.2, 0.25) is 10.0 Å². The Bertz CT molecular complexity index is 1030. The number of nitrogens with zero attached hydrogens (tertiary/aromatic N) is 3. The first-order valence-electron chi connectivity index (χ1n) is 8.94. The fourth-order valence-electron chi connectivity index (χ4n) is 3.35. The molecule has 1 aromatic heterocycles. The van der Waals surface area contributed by atoms with Gasteiger partial charge in [-0.2, -0.15) is 4.31 Å². The summed E-state index contributed by atoms with van der Waals surface area (Å²) >= 11 is 0. The van der Waals surface area contributed by atoms with Gasteiger partial charge in [0, 0.05) is 45.0 Å². The van der Waals surface area contributed by atoms with E-state index in [1.165, 1.54) is 21.1 Å². The summed E-state index contributed by atoms with van der Waals surface area (Å²) in [6.45, 7) is 4.87. The van der Waals surface area contributed by atoms with Crippen LogP contribution in [0.25, 0.3) is 0 Å². The van der Waals surface area contributed by atoms with Crippen LogP contribution >= 0.6 is 0 Å². The van der Waals surface area contributed by atoms with Crippen LogP contribution in [0.5, 0.6) is 0 Å². The Labute approximate surface area is 164 Å². The van der Waals surface area contributed by atoms with Crippen molar-refractivity contribution in [2.45, 2.75) is 18.7 Å². The maximum Gasteiger partial charge on any atom is 0.265 e. The summed E-state index contributed by atoms with van der Waals surface area (Å²) in [7, 11) is -2.19. The van der Waals surface area contributed by atoms with Crippen LogP contribution in [0.1, 0.15) is 32.0 Å². The van der Waals surface area contributed by atoms with Gasteiger partial charge in [0.05, 0.1) is 0 Å². The number of piperazine rings is 1. The van der Waals surface area contributed by atoms with Crippen molar-refractivity contribution in [3.63, 3.8) is 0 Å². The van der Waals surface area contributed by atoms with Gasteiger partial charge in [-0.25, -0.2) is 8.42 Å². The second-order valence-electron chi connectivity index (χ2n) is 6.98. The number of sulfonamides is 1. The van der Waals surface area contributed by atoms with Gasteiger partial charge in [-0.05, 0) is 37.1 Å². The minimum Gasteiger partial charge on any atom is -0.364 e. The summed E-state index contributed by atoms with van der Waals surface area (Å²) in [5, 5.41) is 0. The molecule has 1 aromatic carbocycles. The van der Waals surface area contributed by atoms with Crippen LogP contribution in [0.2, 0.25) is 0 Å². The molecule has 1 aliphatic rings. The first kappa shape index (κ1) is 20.1. The van der Waals surface area contributed by atoms with Crippen molar-refractivity contribution in [1.82, 2.24) is 13.8 Å². The van der Waals surface area contributed by atoms with Crippen LogP contribution in [-0.2, 0) is 17.1 Å². The minimum atomic E-state index is -3.76. The molecular formula is C19H24N4O4S. The van der Waals surface area contributed by atoms with Gasteiger partial charge in [-0.3, -0.25) is 9.59 Å². The van der Waals surface area contributed by atoms with Crippen molar-refractivity contribution in [3.05, 3.63) is 52.8 Å². The molecule has 2 heterocycles. The number of primary amides is 1. The first-order chi connectivity index (χ1) is 13.1. The summed E-state index contributed by atoms with van der Waals surface area (Å²) in [6.07, 6.45) is 1.38. The smallest absolute Gasteiger partial charge is 0.265 e. The molecule has 0 radical (unpaired) electrons. The van der Waals surface area contributed by atoms with E-state index in [2.05, 4.69) is 0 Å². The number of carbonyl (C=O) groups is 2. The SMILES string of the molecule is Cc1cccc(C(=O)N2CCN(S(=O)(=O)c3cc(C(N)=O)n(C)c3)CC2)c1C. The number of hydrogen-bond acceptors (Lipinski definition) is 4. The molecule has 0 unspecified atom stereocenters. The molecule has 8 nitrogen and oxygen atoms in total. The van der Waals surface area contributed by atoms with Gasteiger partial charge in [0.1, 0.15) is 10.6 Å². The molecule has 0 saturated carbocycles. The fraction of sp³-hybridized carbons (Fsp3) is 0.368. The second-order valence-corrected chi connectivity index (χ2v) is 8.92. The molecule has 150 valence electrons. The lowest BCUT2D eigenvalue weighted by Gasteiger charge is -2.34. The van der Waals surface area contributed by atoms with E-state index in [-0.39, 0.29) is 29.6 Å². The summed E-state index contributed by atoms with van der Waals surface area (Å²) < 4.78 is 28.5. The Kier molecular flexibility index (Phi) is 5.31. The molecule has 9 heteroatoms. The van der Waals surface area contributed by atoms with Gasteiger partial charge < -0.3 is 15.2 Å². The molecular weight excluding hydrogens is 380 g/mol. The normalized spacial score (nSPS) is 15.6. The van der Waals surface area contributed by atoms with Crippen LogP contribution < -0.4 is 5.73 Å². The van der Waals surface area contributed by atoms with Gasteiger partial charge >= 0.3 is 0 Å². The molecule has 0 bridgehead atoms. The van der Waals surface area contributed by atoms with E-state index in [1.807, 2.05) is 26.0 Å². The molecule has 1 fully saturated rings. The molecule has 2 amide bonds. The zero-order chi connectivity index (χ0) is 20.6. The number of aryl methyl sites for hydroxylation is 2. The molecule has 0 aliphatic carbocycles. The van der Waals surface area contributed by atoms with Crippen molar-refractivity contribution in [2.24, 2.45) is 12.8 Å². The number of nitrogens with two attached hydrogens (primary N) is 1. The van der Waals surface area contributed by atoms with Gasteiger partial charge in [-0.1, -0.05) is 12.1 Å². The minimum absolute atomic E-state index is 0.0260. The lowest BCUT2D eigenvalue weighted by Crippen LogP contribution is -2.50. The highest BCUT2D eigenvalue weighted by molar-refractivity contribution is 7.89. The lowest BCUT2D eigenvalue weighted by atomic mass is 10.0. The van der Waals surface area contributed by atoms with Crippen molar-refractivity contribution in [1.29, 1.82) is 0 Å². The number of aromatic nitrogens is 1. The molecule has 3 rings (SSSR count). The summed E-state index contributed by atoms with van der Waals surface area (Å²) in [5.74, 6) is -0.776. The Morgan fingerprint density at radius 1 is 1.07 bits per heavy atom. The number of benzene rings is 1. The number of carbonyl (C=O) groups excluding carboxylic acids is 2. The standard InChI is InChI=1S/C19H24N4O4S/c1-13-5-4-6-16(14(13)2)19(25)22-7-9-23(10-8-22)28(26,27)15-11-17(18(20)24)21(3)12-15/h4-6,11-12H,7-10H2,1-3H3,(H2,20,24). The number of rotatable bonds is 4. The molecule has 2 N–H and O–H groups in total. The van der Waals surface area contributed by atoms with E-state index < -0.39 is 15.9 Å². The number of hydrogen-bond donors (Lipinski definition) is 1. The third-order valence-electron chi connectivity index (χ3n) is 5.23. The predicted octanol–water partition coefficient (Wildman–Crippen LogP) is 0.888. The quantitative estimate of drug-likeness (QED) is 0.817. The largest absolute Gasteiger partial charge is 0.364 e. The van der Waals surface area contributed by atoms with Crippen molar-refractivity contribution >= 4 is 21.8 Å². The molecule has 0 atom stereocenters. The van der Waals surface area contributed by atoms with Gasteiger partial charge in [0.25, 0.3) is 11.8 Å². The van der Waals surface area contributed by atoms with Crippen LogP contribution in [0.3, 0.4) is 0 Å². The third-order valence-corrected chi connectivity index (χ3v) is 7.09. The molecule has 28 heavy (non-hydrogen) atoms. The average Bonchev–Trinajstić information content (AvgIpc) is 3.06. The Morgan fingerprint density at radius 2 is 1.71 bits per heavy atom. The summed E-state index contributed by atoms with van der Waals surface area (Å²) in [6, 6.07) is 6.88. The van der Waals surface area contributed by atoms with Gasteiger partial charge in [0.15, 0.2) is 0 Å². The highest BCUT2D eigenvalue weighted by Crippen LogP contribution is 2.21. The molecule has 1 saturated heterocycles. The van der Waals surface area contributed by atoms with E-state index in [4.69, 9.17) is 5.73 Å². The van der Waals surface area contributed by atoms with Crippen LogP contribution in [0, 0.1) is 13.8 Å². The average molecular weight is 404 g/mol. The third kappa shape index (κ3) is 3.55. The van der Waals surface area contributed by atoms with Gasteiger partial charge in [-0.15, -0.1) is 0 Å². The molecule has 0 spiro atoms. The van der Waals surface area contributed by atoms with E-state index >= 15 is 0 Å². The van der Waals surface area contributed by atoms with Crippen LogP contribution in [0.4, 0.5) is 0 Å². The predicted molar refractivity (Wildman–Crippen MR) is 105 cm³/mol. The maximum atomic E-state index is 12.9. The van der Waals surface area contributed by atoms with Crippen molar-refractivity contribution in [3.8, 4) is 0 Å². The summed E-state index contributed by atoms with van der Waals surface area (Å²) in [5.41, 5.74) is 8.02. The monoisotopic (exact) mass is 404 g/mol. The zero-order valence-corrected chi connectivity index (χ0v) is 17.0. The highest BCUT2D eigenvalue weighted by atomic mass is 32.2. The van der Waals surface area contributed by atoms with E-state index in [0.717, 1.165) is 11.1 Å². The first-order valence-corrected chi connectivity index (χ1v) is 10.4. The van der Waals surface area contributed by atoms with Crippen molar-refractivity contribution in [2.75, 3.05) is 26.2 Å². The molecule has 1 aliphatic heterocycles. The zero-order valence-electron chi connectivity index (χ0n) is 16.2. The lowest BCUT2D eigenvalue weighted by molar-refractivity contribution is 0.0697. The van der Waals surface area contributed by atoms with E-state index in [0.29, 0.717) is 18.7 Å². The van der Waals surface area contributed by atoms with Crippen LogP contribution in [-0.4, -0.2) is 60.2 Å². The fourth-order valence-corrected chi connectivity index (χ4v) is 4.85. The maximum absolute atomic E-state index is 12.9. The Balaban J connectivity index is 1.74. The second kappa shape index (κ2) is 7.40. The van der Waals surface area contributed by atoms with Crippen molar-refractivity contribution < 1.29 is 18.0 Å². The Hall–Kier alpha value is -2.65. The summed E-state index contributed by atoms with van der Waals surface area (Å²) in [4.78, 5) is 25.9. The number of amides is 2. The Morgan fingerprint density at radius 3 is 2.29 bits per heavy atom. The molecule has 2 aromatic rings. The topological polar surface area (TPSA) is 106 Å². The van der Waals surface area contributed by atoms with Crippen LogP contribution in [0.15, 0.2) is 35.4 Å². The van der Waals surface area contributed by atoms with E-state index in [9.17, 15) is 18.0 Å². The van der Waals surface area contributed by atoms with E-state index in [1.54, 1.807) is 18.0 Å².